The van der Waals surface area contributed by atoms with Crippen molar-refractivity contribution in [3.63, 3.8) is 0 Å². The van der Waals surface area contributed by atoms with Crippen LogP contribution in [-0.4, -0.2) is 47.4 Å². The van der Waals surface area contributed by atoms with E-state index < -0.39 is 0 Å². The van der Waals surface area contributed by atoms with E-state index in [4.69, 9.17) is 4.84 Å². The average molecular weight is 312 g/mol. The van der Waals surface area contributed by atoms with Gasteiger partial charge in [-0.1, -0.05) is 18.2 Å². The molecule has 0 radical (unpaired) electrons. The highest BCUT2D eigenvalue weighted by atomic mass is 16.7. The number of piperidine rings is 1. The number of hydrogen-bond donors (Lipinski definition) is 0. The molecular weight excluding hydrogens is 292 g/mol. The lowest BCUT2D eigenvalue weighted by Gasteiger charge is -2.36. The molecule has 1 aromatic heterocycles. The van der Waals surface area contributed by atoms with E-state index in [1.165, 1.54) is 0 Å². The molecule has 23 heavy (non-hydrogen) atoms. The molecule has 0 amide bonds. The fraction of sp³-hybridized carbons (Fsp3) is 0.353. The number of benzene rings is 1. The Morgan fingerprint density at radius 3 is 2.57 bits per heavy atom. The number of anilines is 1. The van der Waals surface area contributed by atoms with E-state index in [9.17, 15) is 4.79 Å². The van der Waals surface area contributed by atoms with Gasteiger partial charge in [-0.2, -0.15) is 10.2 Å². The van der Waals surface area contributed by atoms with Gasteiger partial charge in [0.05, 0.1) is 23.6 Å². The predicted octanol–water partition coefficient (Wildman–Crippen LogP) is 2.15. The zero-order valence-corrected chi connectivity index (χ0v) is 13.1. The van der Waals surface area contributed by atoms with Gasteiger partial charge in [-0.05, 0) is 31.0 Å². The summed E-state index contributed by atoms with van der Waals surface area (Å²) in [7, 11) is 1.83. The minimum Gasteiger partial charge on any atom is -0.370 e. The highest BCUT2D eigenvalue weighted by Crippen LogP contribution is 2.21. The maximum absolute atomic E-state index is 12.1. The van der Waals surface area contributed by atoms with Gasteiger partial charge in [-0.3, -0.25) is 0 Å². The first kappa shape index (κ1) is 15.4. The van der Waals surface area contributed by atoms with Crippen molar-refractivity contribution in [2.45, 2.75) is 18.9 Å². The Balaban J connectivity index is 1.52. The number of nitrogens with zero attached hydrogens (tertiary/aromatic N) is 4. The SMILES string of the molecule is CN(OC(=O)c1ccccc1)C1CCN(c2ccnnc2)CC1. The highest BCUT2D eigenvalue weighted by Gasteiger charge is 2.25. The van der Waals surface area contributed by atoms with Crippen molar-refractivity contribution in [1.82, 2.24) is 15.3 Å². The molecule has 2 aromatic rings. The van der Waals surface area contributed by atoms with Crippen molar-refractivity contribution in [2.75, 3.05) is 25.0 Å². The van der Waals surface area contributed by atoms with Crippen LogP contribution in [-0.2, 0) is 4.84 Å². The lowest BCUT2D eigenvalue weighted by Crippen LogP contribution is -2.44. The molecule has 1 fully saturated rings. The van der Waals surface area contributed by atoms with Crippen LogP contribution in [0.15, 0.2) is 48.8 Å². The van der Waals surface area contributed by atoms with Crippen molar-refractivity contribution in [3.05, 3.63) is 54.4 Å². The summed E-state index contributed by atoms with van der Waals surface area (Å²) in [6.07, 6.45) is 5.34. The molecular formula is C17H20N4O2. The molecule has 1 aliphatic rings. The molecule has 0 unspecified atom stereocenters. The molecule has 0 saturated carbocycles. The van der Waals surface area contributed by atoms with Gasteiger partial charge in [0.15, 0.2) is 0 Å². The number of hydrogen-bond acceptors (Lipinski definition) is 6. The number of carbonyl (C=O) groups excluding carboxylic acids is 1. The van der Waals surface area contributed by atoms with Crippen LogP contribution in [0.4, 0.5) is 5.69 Å². The number of carbonyl (C=O) groups is 1. The predicted molar refractivity (Wildman–Crippen MR) is 86.9 cm³/mol. The molecule has 0 spiro atoms. The standard InChI is InChI=1S/C17H20N4O2/c1-20(23-17(22)14-5-3-2-4-6-14)15-8-11-21(12-9-15)16-7-10-18-19-13-16/h2-7,10,13,15H,8-9,11-12H2,1H3. The molecule has 120 valence electrons. The Kier molecular flexibility index (Phi) is 4.83. The van der Waals surface area contributed by atoms with Crippen LogP contribution in [0.5, 0.6) is 0 Å². The monoisotopic (exact) mass is 312 g/mol. The van der Waals surface area contributed by atoms with Gasteiger partial charge in [-0.15, -0.1) is 5.06 Å². The van der Waals surface area contributed by atoms with Crippen LogP contribution >= 0.6 is 0 Å². The summed E-state index contributed by atoms with van der Waals surface area (Å²) in [5, 5.41) is 9.41. The number of rotatable bonds is 4. The first-order valence-corrected chi connectivity index (χ1v) is 7.76. The Hall–Kier alpha value is -2.47. The van der Waals surface area contributed by atoms with Gasteiger partial charge in [0, 0.05) is 26.2 Å². The van der Waals surface area contributed by atoms with E-state index in [1.807, 2.05) is 31.3 Å². The Morgan fingerprint density at radius 2 is 1.91 bits per heavy atom. The average Bonchev–Trinajstić information content (AvgIpc) is 2.63. The minimum absolute atomic E-state index is 0.230. The quantitative estimate of drug-likeness (QED) is 0.806. The van der Waals surface area contributed by atoms with Gasteiger partial charge in [0.25, 0.3) is 0 Å². The van der Waals surface area contributed by atoms with Crippen LogP contribution in [0.25, 0.3) is 0 Å². The third kappa shape index (κ3) is 3.84. The molecule has 0 atom stereocenters. The number of hydroxylamine groups is 2. The second-order valence-corrected chi connectivity index (χ2v) is 5.61. The zero-order valence-electron chi connectivity index (χ0n) is 13.1. The molecule has 6 heteroatoms. The molecule has 0 aliphatic carbocycles. The second-order valence-electron chi connectivity index (χ2n) is 5.61. The van der Waals surface area contributed by atoms with E-state index in [0.717, 1.165) is 31.6 Å². The fourth-order valence-electron chi connectivity index (χ4n) is 2.79. The third-order valence-electron chi connectivity index (χ3n) is 4.15. The van der Waals surface area contributed by atoms with Crippen molar-refractivity contribution in [3.8, 4) is 0 Å². The molecule has 2 heterocycles. The first-order valence-electron chi connectivity index (χ1n) is 7.76. The van der Waals surface area contributed by atoms with Crippen molar-refractivity contribution < 1.29 is 9.63 Å². The number of aromatic nitrogens is 2. The first-order chi connectivity index (χ1) is 11.2. The van der Waals surface area contributed by atoms with Gasteiger partial charge in [-0.25, -0.2) is 4.79 Å². The van der Waals surface area contributed by atoms with E-state index in [1.54, 1.807) is 29.6 Å². The zero-order chi connectivity index (χ0) is 16.1. The summed E-state index contributed by atoms with van der Waals surface area (Å²) in [6, 6.07) is 11.3. The topological polar surface area (TPSA) is 58.6 Å². The Morgan fingerprint density at radius 1 is 1.17 bits per heavy atom. The molecule has 0 bridgehead atoms. The maximum Gasteiger partial charge on any atom is 0.357 e. The van der Waals surface area contributed by atoms with E-state index in [0.29, 0.717) is 5.56 Å². The van der Waals surface area contributed by atoms with Crippen molar-refractivity contribution >= 4 is 11.7 Å². The van der Waals surface area contributed by atoms with Gasteiger partial charge < -0.3 is 9.74 Å². The normalized spacial score (nSPS) is 15.7. The summed E-state index contributed by atoms with van der Waals surface area (Å²) >= 11 is 0. The molecule has 6 nitrogen and oxygen atoms in total. The molecule has 1 aromatic carbocycles. The Bertz CT molecular complexity index is 628. The van der Waals surface area contributed by atoms with E-state index in [2.05, 4.69) is 15.1 Å². The molecule has 1 saturated heterocycles. The van der Waals surface area contributed by atoms with Crippen molar-refractivity contribution in [2.24, 2.45) is 0 Å². The van der Waals surface area contributed by atoms with Gasteiger partial charge in [0.2, 0.25) is 0 Å². The minimum atomic E-state index is -0.311. The summed E-state index contributed by atoms with van der Waals surface area (Å²) in [5.74, 6) is -0.311. The van der Waals surface area contributed by atoms with Crippen LogP contribution in [0.3, 0.4) is 0 Å². The summed E-state index contributed by atoms with van der Waals surface area (Å²) in [5.41, 5.74) is 1.65. The highest BCUT2D eigenvalue weighted by molar-refractivity contribution is 5.89. The third-order valence-corrected chi connectivity index (χ3v) is 4.15. The van der Waals surface area contributed by atoms with Gasteiger partial charge >= 0.3 is 5.97 Å². The van der Waals surface area contributed by atoms with Gasteiger partial charge in [0.1, 0.15) is 0 Å². The lowest BCUT2D eigenvalue weighted by molar-refractivity contribution is -0.123. The van der Waals surface area contributed by atoms with E-state index in [-0.39, 0.29) is 12.0 Å². The molecule has 0 N–H and O–H groups in total. The van der Waals surface area contributed by atoms with Crippen LogP contribution in [0.1, 0.15) is 23.2 Å². The van der Waals surface area contributed by atoms with Crippen LogP contribution < -0.4 is 4.90 Å². The second kappa shape index (κ2) is 7.19. The smallest absolute Gasteiger partial charge is 0.357 e. The van der Waals surface area contributed by atoms with Crippen LogP contribution in [0.2, 0.25) is 0 Å². The molecule has 3 rings (SSSR count). The molecule has 1 aliphatic heterocycles. The lowest BCUT2D eigenvalue weighted by atomic mass is 10.0. The fourth-order valence-corrected chi connectivity index (χ4v) is 2.79. The largest absolute Gasteiger partial charge is 0.370 e. The van der Waals surface area contributed by atoms with E-state index >= 15 is 0 Å². The maximum atomic E-state index is 12.1. The van der Waals surface area contributed by atoms with Crippen molar-refractivity contribution in [1.29, 1.82) is 0 Å². The summed E-state index contributed by atoms with van der Waals surface area (Å²) in [4.78, 5) is 19.8. The summed E-state index contributed by atoms with van der Waals surface area (Å²) in [6.45, 7) is 1.81. The van der Waals surface area contributed by atoms with Crippen LogP contribution in [0, 0.1) is 0 Å². The summed E-state index contributed by atoms with van der Waals surface area (Å²) < 4.78 is 0. The Labute approximate surface area is 135 Å².